The van der Waals surface area contributed by atoms with E-state index in [1.54, 1.807) is 0 Å². The SMILES string of the molecule is O=C1c2ccccc2NC(C2CCCCC2)N1c1ccc2c(c1)OCO2. The third-order valence-corrected chi connectivity index (χ3v) is 5.69. The van der Waals surface area contributed by atoms with Crippen molar-refractivity contribution in [2.24, 2.45) is 5.92 Å². The Hall–Kier alpha value is -2.69. The Morgan fingerprint density at radius 1 is 0.962 bits per heavy atom. The predicted molar refractivity (Wildman–Crippen MR) is 99.8 cm³/mol. The van der Waals surface area contributed by atoms with Crippen molar-refractivity contribution in [3.8, 4) is 11.5 Å². The van der Waals surface area contributed by atoms with Crippen molar-refractivity contribution in [2.45, 2.75) is 38.3 Å². The number of hydrogen-bond acceptors (Lipinski definition) is 4. The summed E-state index contributed by atoms with van der Waals surface area (Å²) in [7, 11) is 0. The van der Waals surface area contributed by atoms with Crippen LogP contribution >= 0.6 is 0 Å². The molecule has 1 unspecified atom stereocenters. The van der Waals surface area contributed by atoms with Gasteiger partial charge in [-0.25, -0.2) is 0 Å². The molecule has 2 aliphatic heterocycles. The normalized spacial score (nSPS) is 22.1. The fourth-order valence-corrected chi connectivity index (χ4v) is 4.37. The van der Waals surface area contributed by atoms with Crippen LogP contribution in [0.2, 0.25) is 0 Å². The summed E-state index contributed by atoms with van der Waals surface area (Å²) in [5, 5.41) is 3.65. The lowest BCUT2D eigenvalue weighted by Gasteiger charge is -2.43. The molecular weight excluding hydrogens is 328 g/mol. The van der Waals surface area contributed by atoms with Gasteiger partial charge in [-0.1, -0.05) is 31.4 Å². The molecule has 1 N–H and O–H groups in total. The number of nitrogens with zero attached hydrogens (tertiary/aromatic N) is 1. The van der Waals surface area contributed by atoms with Gasteiger partial charge in [0.25, 0.3) is 5.91 Å². The van der Waals surface area contributed by atoms with Crippen LogP contribution in [0.4, 0.5) is 11.4 Å². The van der Waals surface area contributed by atoms with Crippen molar-refractivity contribution in [3.63, 3.8) is 0 Å². The highest BCUT2D eigenvalue weighted by molar-refractivity contribution is 6.12. The Labute approximate surface area is 152 Å². The fraction of sp³-hybridized carbons (Fsp3) is 0.381. The molecule has 0 saturated heterocycles. The fourth-order valence-electron chi connectivity index (χ4n) is 4.37. The molecule has 26 heavy (non-hydrogen) atoms. The third-order valence-electron chi connectivity index (χ3n) is 5.69. The zero-order valence-corrected chi connectivity index (χ0v) is 14.6. The first-order valence-electron chi connectivity index (χ1n) is 9.40. The molecule has 1 amide bonds. The lowest BCUT2D eigenvalue weighted by molar-refractivity contribution is 0.0961. The van der Waals surface area contributed by atoms with Crippen molar-refractivity contribution in [3.05, 3.63) is 48.0 Å². The van der Waals surface area contributed by atoms with Crippen molar-refractivity contribution in [2.75, 3.05) is 17.0 Å². The van der Waals surface area contributed by atoms with Gasteiger partial charge in [0.2, 0.25) is 6.79 Å². The van der Waals surface area contributed by atoms with E-state index in [9.17, 15) is 4.79 Å². The van der Waals surface area contributed by atoms with E-state index in [-0.39, 0.29) is 18.9 Å². The number of hydrogen-bond donors (Lipinski definition) is 1. The number of anilines is 2. The molecule has 0 spiro atoms. The number of fused-ring (bicyclic) bond motifs is 2. The molecule has 1 atom stereocenters. The Morgan fingerprint density at radius 2 is 1.77 bits per heavy atom. The number of carbonyl (C=O) groups is 1. The zero-order chi connectivity index (χ0) is 17.5. The summed E-state index contributed by atoms with van der Waals surface area (Å²) in [6, 6.07) is 13.6. The summed E-state index contributed by atoms with van der Waals surface area (Å²) in [4.78, 5) is 15.3. The number of amides is 1. The molecule has 0 radical (unpaired) electrons. The van der Waals surface area contributed by atoms with Gasteiger partial charge in [0.15, 0.2) is 11.5 Å². The minimum Gasteiger partial charge on any atom is -0.454 e. The maximum atomic E-state index is 13.4. The maximum Gasteiger partial charge on any atom is 0.262 e. The Balaban J connectivity index is 1.58. The van der Waals surface area contributed by atoms with Gasteiger partial charge in [-0.3, -0.25) is 9.69 Å². The third kappa shape index (κ3) is 2.50. The van der Waals surface area contributed by atoms with Crippen LogP contribution in [0.3, 0.4) is 0 Å². The van der Waals surface area contributed by atoms with Crippen LogP contribution in [0.15, 0.2) is 42.5 Å². The van der Waals surface area contributed by atoms with Crippen LogP contribution in [0, 0.1) is 5.92 Å². The smallest absolute Gasteiger partial charge is 0.262 e. The molecule has 5 rings (SSSR count). The van der Waals surface area contributed by atoms with E-state index in [0.29, 0.717) is 11.7 Å². The van der Waals surface area contributed by atoms with Gasteiger partial charge < -0.3 is 14.8 Å². The van der Waals surface area contributed by atoms with E-state index >= 15 is 0 Å². The molecule has 5 nitrogen and oxygen atoms in total. The zero-order valence-electron chi connectivity index (χ0n) is 14.6. The van der Waals surface area contributed by atoms with Gasteiger partial charge in [-0.2, -0.15) is 0 Å². The quantitative estimate of drug-likeness (QED) is 0.872. The van der Waals surface area contributed by atoms with E-state index in [1.165, 1.54) is 19.3 Å². The second-order valence-corrected chi connectivity index (χ2v) is 7.25. The predicted octanol–water partition coefficient (Wildman–Crippen LogP) is 4.39. The molecule has 2 aromatic rings. The molecule has 0 bridgehead atoms. The summed E-state index contributed by atoms with van der Waals surface area (Å²) >= 11 is 0. The molecule has 1 aliphatic carbocycles. The van der Waals surface area contributed by atoms with Crippen molar-refractivity contribution in [1.82, 2.24) is 0 Å². The van der Waals surface area contributed by atoms with Crippen molar-refractivity contribution in [1.29, 1.82) is 0 Å². The lowest BCUT2D eigenvalue weighted by atomic mass is 9.85. The molecule has 134 valence electrons. The first-order valence-corrected chi connectivity index (χ1v) is 9.40. The Bertz CT molecular complexity index is 845. The molecule has 5 heteroatoms. The van der Waals surface area contributed by atoms with E-state index in [1.807, 2.05) is 47.4 Å². The van der Waals surface area contributed by atoms with Crippen LogP contribution in [-0.4, -0.2) is 18.9 Å². The lowest BCUT2D eigenvalue weighted by Crippen LogP contribution is -2.53. The van der Waals surface area contributed by atoms with E-state index < -0.39 is 0 Å². The van der Waals surface area contributed by atoms with Gasteiger partial charge in [0.1, 0.15) is 6.17 Å². The summed E-state index contributed by atoms with van der Waals surface area (Å²) in [5.74, 6) is 1.94. The molecule has 2 heterocycles. The average molecular weight is 350 g/mol. The first kappa shape index (κ1) is 15.6. The largest absolute Gasteiger partial charge is 0.454 e. The summed E-state index contributed by atoms with van der Waals surface area (Å²) < 4.78 is 11.0. The highest BCUT2D eigenvalue weighted by Crippen LogP contribution is 2.41. The molecule has 3 aliphatic rings. The standard InChI is InChI=1S/C21H22N2O3/c24-21-16-8-4-5-9-17(16)22-20(14-6-2-1-3-7-14)23(21)15-10-11-18-19(12-15)26-13-25-18/h4-5,8-12,14,20,22H,1-3,6-7,13H2. The van der Waals surface area contributed by atoms with Crippen LogP contribution in [0.25, 0.3) is 0 Å². The minimum atomic E-state index is -0.0296. The van der Waals surface area contributed by atoms with Crippen LogP contribution in [-0.2, 0) is 0 Å². The average Bonchev–Trinajstić information content (AvgIpc) is 3.16. The van der Waals surface area contributed by atoms with E-state index in [2.05, 4.69) is 5.32 Å². The van der Waals surface area contributed by atoms with Gasteiger partial charge in [0.05, 0.1) is 11.3 Å². The molecule has 1 saturated carbocycles. The van der Waals surface area contributed by atoms with Gasteiger partial charge in [0, 0.05) is 11.8 Å². The number of benzene rings is 2. The number of rotatable bonds is 2. The van der Waals surface area contributed by atoms with Crippen molar-refractivity contribution < 1.29 is 14.3 Å². The van der Waals surface area contributed by atoms with E-state index in [4.69, 9.17) is 9.47 Å². The monoisotopic (exact) mass is 350 g/mol. The minimum absolute atomic E-state index is 0.0296. The highest BCUT2D eigenvalue weighted by atomic mass is 16.7. The summed E-state index contributed by atoms with van der Waals surface area (Å²) in [5.41, 5.74) is 2.51. The Morgan fingerprint density at radius 3 is 2.65 bits per heavy atom. The second kappa shape index (κ2) is 6.24. The van der Waals surface area contributed by atoms with Crippen LogP contribution in [0.5, 0.6) is 11.5 Å². The number of nitrogens with one attached hydrogen (secondary N) is 1. The second-order valence-electron chi connectivity index (χ2n) is 7.25. The highest BCUT2D eigenvalue weighted by Gasteiger charge is 2.38. The summed E-state index contributed by atoms with van der Waals surface area (Å²) in [6.07, 6.45) is 6.01. The molecule has 0 aromatic heterocycles. The first-order chi connectivity index (χ1) is 12.8. The van der Waals surface area contributed by atoms with Crippen molar-refractivity contribution >= 4 is 17.3 Å². The summed E-state index contributed by atoms with van der Waals surface area (Å²) in [6.45, 7) is 0.236. The topological polar surface area (TPSA) is 50.8 Å². The Kier molecular flexibility index (Phi) is 3.73. The molecular formula is C21H22N2O3. The van der Waals surface area contributed by atoms with Gasteiger partial charge in [-0.05, 0) is 43.0 Å². The molecule has 1 fully saturated rings. The number of carbonyl (C=O) groups excluding carboxylic acids is 1. The number of ether oxygens (including phenoxy) is 2. The van der Waals surface area contributed by atoms with Gasteiger partial charge >= 0.3 is 0 Å². The van der Waals surface area contributed by atoms with Crippen LogP contribution < -0.4 is 19.7 Å². The molecule has 2 aromatic carbocycles. The maximum absolute atomic E-state index is 13.4. The van der Waals surface area contributed by atoms with E-state index in [0.717, 1.165) is 35.5 Å². The number of para-hydroxylation sites is 1. The van der Waals surface area contributed by atoms with Gasteiger partial charge in [-0.15, -0.1) is 0 Å². The van der Waals surface area contributed by atoms with Crippen LogP contribution in [0.1, 0.15) is 42.5 Å².